The third kappa shape index (κ3) is 4.26. The third-order valence-corrected chi connectivity index (χ3v) is 3.39. The molecule has 5 heteroatoms. The first-order valence-electron chi connectivity index (χ1n) is 6.46. The number of nitrogens with one attached hydrogen (secondary N) is 1. The lowest BCUT2D eigenvalue weighted by Crippen LogP contribution is -2.38. The van der Waals surface area contributed by atoms with E-state index in [-0.39, 0.29) is 17.5 Å². The Morgan fingerprint density at radius 1 is 1.14 bits per heavy atom. The summed E-state index contributed by atoms with van der Waals surface area (Å²) in [5.41, 5.74) is 0.682. The van der Waals surface area contributed by atoms with Gasteiger partial charge in [-0.3, -0.25) is 4.79 Å². The van der Waals surface area contributed by atoms with Crippen LogP contribution in [0.2, 0.25) is 0 Å². The second kappa shape index (κ2) is 7.18. The normalized spacial score (nSPS) is 12.0. The van der Waals surface area contributed by atoms with Crippen molar-refractivity contribution in [1.82, 2.24) is 5.32 Å². The molecule has 0 aliphatic rings. The van der Waals surface area contributed by atoms with Crippen LogP contribution < -0.4 is 5.32 Å². The van der Waals surface area contributed by atoms with Crippen molar-refractivity contribution in [3.05, 3.63) is 71.3 Å². The minimum atomic E-state index is -0.762. The largest absolute Gasteiger partial charge is 0.348 e. The van der Waals surface area contributed by atoms with Gasteiger partial charge in [0.2, 0.25) is 0 Å². The van der Waals surface area contributed by atoms with E-state index in [1.807, 2.05) is 30.3 Å². The fourth-order valence-electron chi connectivity index (χ4n) is 1.98. The highest BCUT2D eigenvalue weighted by Gasteiger charge is 2.17. The molecule has 0 bridgehead atoms. The SMILES string of the molecule is O=C(NC(CCl)Cc1ccccc1)c1cc(F)ccc1F. The summed E-state index contributed by atoms with van der Waals surface area (Å²) in [6.07, 6.45) is 0.521. The van der Waals surface area contributed by atoms with Crippen LogP contribution in [-0.4, -0.2) is 17.8 Å². The van der Waals surface area contributed by atoms with Gasteiger partial charge in [0.15, 0.2) is 0 Å². The van der Waals surface area contributed by atoms with E-state index in [2.05, 4.69) is 5.32 Å². The average Bonchev–Trinajstić information content (AvgIpc) is 2.50. The average molecular weight is 310 g/mol. The molecule has 1 amide bonds. The number of rotatable bonds is 5. The number of carbonyl (C=O) groups is 1. The molecule has 0 saturated heterocycles. The van der Waals surface area contributed by atoms with E-state index in [0.717, 1.165) is 23.8 Å². The van der Waals surface area contributed by atoms with Crippen LogP contribution in [0, 0.1) is 11.6 Å². The standard InChI is InChI=1S/C16H14ClF2NO/c17-10-13(8-11-4-2-1-3-5-11)20-16(21)14-9-12(18)6-7-15(14)19/h1-7,9,13H,8,10H2,(H,20,21). The Morgan fingerprint density at radius 2 is 1.86 bits per heavy atom. The molecule has 110 valence electrons. The molecule has 2 rings (SSSR count). The summed E-state index contributed by atoms with van der Waals surface area (Å²) in [7, 11) is 0. The number of benzene rings is 2. The molecule has 0 aliphatic carbocycles. The summed E-state index contributed by atoms with van der Waals surface area (Å²) < 4.78 is 26.6. The van der Waals surface area contributed by atoms with Crippen molar-refractivity contribution >= 4 is 17.5 Å². The Labute approximate surface area is 126 Å². The monoisotopic (exact) mass is 309 g/mol. The van der Waals surface area contributed by atoms with Crippen LogP contribution in [0.3, 0.4) is 0 Å². The van der Waals surface area contributed by atoms with E-state index in [4.69, 9.17) is 11.6 Å². The number of hydrogen-bond acceptors (Lipinski definition) is 1. The molecule has 1 N–H and O–H groups in total. The second-order valence-corrected chi connectivity index (χ2v) is 4.95. The summed E-state index contributed by atoms with van der Waals surface area (Å²) in [4.78, 5) is 12.0. The molecule has 0 aromatic heterocycles. The molecule has 0 fully saturated rings. The Morgan fingerprint density at radius 3 is 2.52 bits per heavy atom. The van der Waals surface area contributed by atoms with Crippen molar-refractivity contribution in [1.29, 1.82) is 0 Å². The van der Waals surface area contributed by atoms with Gasteiger partial charge in [-0.15, -0.1) is 11.6 Å². The fourth-order valence-corrected chi connectivity index (χ4v) is 2.16. The summed E-state index contributed by atoms with van der Waals surface area (Å²) in [6, 6.07) is 11.9. The van der Waals surface area contributed by atoms with Gasteiger partial charge in [0.1, 0.15) is 11.6 Å². The molecule has 0 saturated carbocycles. The highest BCUT2D eigenvalue weighted by molar-refractivity contribution is 6.18. The van der Waals surface area contributed by atoms with Crippen molar-refractivity contribution in [2.45, 2.75) is 12.5 Å². The molecule has 21 heavy (non-hydrogen) atoms. The molecule has 2 aromatic carbocycles. The van der Waals surface area contributed by atoms with Gasteiger partial charge in [0.25, 0.3) is 5.91 Å². The van der Waals surface area contributed by atoms with Crippen molar-refractivity contribution < 1.29 is 13.6 Å². The first kappa shape index (κ1) is 15.4. The van der Waals surface area contributed by atoms with Crippen LogP contribution in [0.1, 0.15) is 15.9 Å². The minimum absolute atomic E-state index is 0.178. The summed E-state index contributed by atoms with van der Waals surface area (Å²) in [5.74, 6) is -1.92. The molecular formula is C16H14ClF2NO. The number of alkyl halides is 1. The lowest BCUT2D eigenvalue weighted by atomic mass is 10.1. The zero-order chi connectivity index (χ0) is 15.2. The van der Waals surface area contributed by atoms with Gasteiger partial charge in [-0.05, 0) is 30.2 Å². The maximum absolute atomic E-state index is 13.5. The Bertz CT molecular complexity index is 619. The second-order valence-electron chi connectivity index (χ2n) is 4.64. The lowest BCUT2D eigenvalue weighted by molar-refractivity contribution is 0.0936. The molecule has 0 radical (unpaired) electrons. The van der Waals surface area contributed by atoms with Gasteiger partial charge in [-0.25, -0.2) is 8.78 Å². The maximum Gasteiger partial charge on any atom is 0.254 e. The van der Waals surface area contributed by atoms with Gasteiger partial charge in [-0.1, -0.05) is 30.3 Å². The highest BCUT2D eigenvalue weighted by atomic mass is 35.5. The fraction of sp³-hybridized carbons (Fsp3) is 0.188. The van der Waals surface area contributed by atoms with Gasteiger partial charge < -0.3 is 5.32 Å². The van der Waals surface area contributed by atoms with Crippen molar-refractivity contribution in [3.8, 4) is 0 Å². The lowest BCUT2D eigenvalue weighted by Gasteiger charge is -2.16. The van der Waals surface area contributed by atoms with Gasteiger partial charge >= 0.3 is 0 Å². The molecule has 0 heterocycles. The third-order valence-electron chi connectivity index (χ3n) is 3.02. The topological polar surface area (TPSA) is 29.1 Å². The number of amides is 1. The van der Waals surface area contributed by atoms with E-state index in [1.165, 1.54) is 0 Å². The van der Waals surface area contributed by atoms with Crippen molar-refractivity contribution in [3.63, 3.8) is 0 Å². The van der Waals surface area contributed by atoms with Crippen molar-refractivity contribution in [2.24, 2.45) is 0 Å². The molecule has 0 aliphatic heterocycles. The zero-order valence-electron chi connectivity index (χ0n) is 11.2. The van der Waals surface area contributed by atoms with Crippen LogP contribution in [0.4, 0.5) is 8.78 Å². The number of hydrogen-bond donors (Lipinski definition) is 1. The van der Waals surface area contributed by atoms with Gasteiger partial charge in [0, 0.05) is 11.9 Å². The molecule has 1 unspecified atom stereocenters. The van der Waals surface area contributed by atoms with Crippen molar-refractivity contribution in [2.75, 3.05) is 5.88 Å². The molecule has 1 atom stereocenters. The Balaban J connectivity index is 2.07. The van der Waals surface area contributed by atoms with Crippen LogP contribution >= 0.6 is 11.6 Å². The quantitative estimate of drug-likeness (QED) is 0.841. The first-order chi connectivity index (χ1) is 10.1. The van der Waals surface area contributed by atoms with Crippen LogP contribution in [-0.2, 0) is 6.42 Å². The van der Waals surface area contributed by atoms with E-state index in [1.54, 1.807) is 0 Å². The zero-order valence-corrected chi connectivity index (χ0v) is 11.9. The summed E-state index contributed by atoms with van der Waals surface area (Å²) in [6.45, 7) is 0. The highest BCUT2D eigenvalue weighted by Crippen LogP contribution is 2.11. The summed E-state index contributed by atoms with van der Waals surface area (Å²) in [5, 5.41) is 2.62. The molecule has 2 aromatic rings. The van der Waals surface area contributed by atoms with Gasteiger partial charge in [-0.2, -0.15) is 0 Å². The van der Waals surface area contributed by atoms with E-state index >= 15 is 0 Å². The first-order valence-corrected chi connectivity index (χ1v) is 6.99. The minimum Gasteiger partial charge on any atom is -0.348 e. The molecule has 2 nitrogen and oxygen atoms in total. The Hall–Kier alpha value is -1.94. The van der Waals surface area contributed by atoms with Crippen LogP contribution in [0.15, 0.2) is 48.5 Å². The summed E-state index contributed by atoms with van der Waals surface area (Å²) >= 11 is 5.84. The molecule has 0 spiro atoms. The van der Waals surface area contributed by atoms with Gasteiger partial charge in [0.05, 0.1) is 5.56 Å². The van der Waals surface area contributed by atoms with E-state index < -0.39 is 17.5 Å². The maximum atomic E-state index is 13.5. The van der Waals surface area contributed by atoms with E-state index in [9.17, 15) is 13.6 Å². The predicted octanol–water partition coefficient (Wildman–Crippen LogP) is 3.54. The Kier molecular flexibility index (Phi) is 5.28. The van der Waals surface area contributed by atoms with E-state index in [0.29, 0.717) is 6.42 Å². The van der Waals surface area contributed by atoms with Crippen LogP contribution in [0.25, 0.3) is 0 Å². The van der Waals surface area contributed by atoms with Crippen LogP contribution in [0.5, 0.6) is 0 Å². The number of halogens is 3. The smallest absolute Gasteiger partial charge is 0.254 e. The predicted molar refractivity (Wildman–Crippen MR) is 78.5 cm³/mol. The molecular weight excluding hydrogens is 296 g/mol. The number of carbonyl (C=O) groups excluding carboxylic acids is 1.